The number of halogens is 1. The Morgan fingerprint density at radius 2 is 2.18 bits per heavy atom. The molecule has 1 N–H and O–H groups in total. The maximum atomic E-state index is 12.6. The number of ether oxygens (including phenoxy) is 1. The van der Waals surface area contributed by atoms with Gasteiger partial charge >= 0.3 is 0 Å². The van der Waals surface area contributed by atoms with Crippen molar-refractivity contribution in [2.24, 2.45) is 0 Å². The number of imidazole rings is 1. The van der Waals surface area contributed by atoms with E-state index in [0.29, 0.717) is 28.6 Å². The standard InChI is InChI=1S/C20H15ClN4O2S/c21-18-9-15(4-5-19(18)25-7-6-22-12-25)24-20(26)14-2-1-3-17(8-14)27-10-16-11-28-13-23-16/h1-9,11-13H,10H2,(H,24,26). The number of hydrogen-bond acceptors (Lipinski definition) is 5. The Bertz CT molecular complexity index is 1080. The molecule has 0 radical (unpaired) electrons. The molecule has 8 heteroatoms. The van der Waals surface area contributed by atoms with E-state index in [0.717, 1.165) is 11.4 Å². The van der Waals surface area contributed by atoms with Gasteiger partial charge in [-0.15, -0.1) is 11.3 Å². The van der Waals surface area contributed by atoms with Gasteiger partial charge in [-0.25, -0.2) is 9.97 Å². The lowest BCUT2D eigenvalue weighted by atomic mass is 10.2. The summed E-state index contributed by atoms with van der Waals surface area (Å²) in [6.45, 7) is 0.361. The van der Waals surface area contributed by atoms with E-state index in [2.05, 4.69) is 15.3 Å². The molecule has 4 aromatic rings. The Hall–Kier alpha value is -3.16. The molecular weight excluding hydrogens is 396 g/mol. The van der Waals surface area contributed by atoms with Gasteiger partial charge in [0.05, 0.1) is 28.2 Å². The third-order valence-electron chi connectivity index (χ3n) is 3.95. The number of carbonyl (C=O) groups is 1. The first-order chi connectivity index (χ1) is 13.7. The third kappa shape index (κ3) is 4.21. The minimum absolute atomic E-state index is 0.245. The van der Waals surface area contributed by atoms with Crippen LogP contribution in [0.2, 0.25) is 5.02 Å². The number of hydrogen-bond donors (Lipinski definition) is 1. The molecule has 0 aliphatic rings. The molecule has 0 aliphatic carbocycles. The number of thiazole rings is 1. The van der Waals surface area contributed by atoms with Crippen LogP contribution in [0.1, 0.15) is 16.1 Å². The Balaban J connectivity index is 1.45. The predicted molar refractivity (Wildman–Crippen MR) is 109 cm³/mol. The number of anilines is 1. The van der Waals surface area contributed by atoms with Crippen LogP contribution in [0.15, 0.2) is 72.1 Å². The number of nitrogens with one attached hydrogen (secondary N) is 1. The van der Waals surface area contributed by atoms with Crippen LogP contribution in [0.5, 0.6) is 5.75 Å². The van der Waals surface area contributed by atoms with E-state index in [1.807, 2.05) is 11.4 Å². The van der Waals surface area contributed by atoms with Crippen LogP contribution in [0.25, 0.3) is 5.69 Å². The van der Waals surface area contributed by atoms with E-state index >= 15 is 0 Å². The molecule has 1 amide bonds. The molecule has 4 rings (SSSR count). The van der Waals surface area contributed by atoms with Crippen molar-refractivity contribution < 1.29 is 9.53 Å². The molecule has 0 aliphatic heterocycles. The topological polar surface area (TPSA) is 69.0 Å². The smallest absolute Gasteiger partial charge is 0.255 e. The van der Waals surface area contributed by atoms with Crippen molar-refractivity contribution in [3.8, 4) is 11.4 Å². The van der Waals surface area contributed by atoms with E-state index in [1.165, 1.54) is 11.3 Å². The zero-order chi connectivity index (χ0) is 19.3. The highest BCUT2D eigenvalue weighted by Gasteiger charge is 2.10. The van der Waals surface area contributed by atoms with Gasteiger partial charge in [-0.2, -0.15) is 0 Å². The minimum Gasteiger partial charge on any atom is -0.487 e. The summed E-state index contributed by atoms with van der Waals surface area (Å²) in [7, 11) is 0. The molecule has 0 atom stereocenters. The number of rotatable bonds is 6. The van der Waals surface area contributed by atoms with E-state index < -0.39 is 0 Å². The first-order valence-electron chi connectivity index (χ1n) is 8.38. The largest absolute Gasteiger partial charge is 0.487 e. The zero-order valence-corrected chi connectivity index (χ0v) is 16.2. The van der Waals surface area contributed by atoms with Crippen LogP contribution in [-0.4, -0.2) is 20.4 Å². The molecule has 0 bridgehead atoms. The second-order valence-electron chi connectivity index (χ2n) is 5.89. The highest BCUT2D eigenvalue weighted by Crippen LogP contribution is 2.25. The maximum absolute atomic E-state index is 12.6. The summed E-state index contributed by atoms with van der Waals surface area (Å²) < 4.78 is 7.50. The van der Waals surface area contributed by atoms with Gasteiger partial charge in [0.25, 0.3) is 5.91 Å². The molecule has 140 valence electrons. The van der Waals surface area contributed by atoms with Gasteiger partial charge in [0.2, 0.25) is 0 Å². The first-order valence-corrected chi connectivity index (χ1v) is 9.70. The fraction of sp³-hybridized carbons (Fsp3) is 0.0500. The Morgan fingerprint density at radius 1 is 1.25 bits per heavy atom. The molecule has 2 heterocycles. The van der Waals surface area contributed by atoms with Gasteiger partial charge in [0.1, 0.15) is 12.4 Å². The van der Waals surface area contributed by atoms with Gasteiger partial charge < -0.3 is 14.6 Å². The van der Waals surface area contributed by atoms with E-state index in [1.54, 1.807) is 65.2 Å². The maximum Gasteiger partial charge on any atom is 0.255 e. The number of amides is 1. The molecule has 0 saturated carbocycles. The normalized spacial score (nSPS) is 10.6. The predicted octanol–water partition coefficient (Wildman–Crippen LogP) is 4.81. The average Bonchev–Trinajstić information content (AvgIpc) is 3.41. The summed E-state index contributed by atoms with van der Waals surface area (Å²) in [5.74, 6) is 0.361. The van der Waals surface area contributed by atoms with E-state index in [4.69, 9.17) is 16.3 Å². The van der Waals surface area contributed by atoms with E-state index in [-0.39, 0.29) is 5.91 Å². The van der Waals surface area contributed by atoms with Gasteiger partial charge in [-0.05, 0) is 36.4 Å². The van der Waals surface area contributed by atoms with Crippen molar-refractivity contribution in [1.82, 2.24) is 14.5 Å². The molecule has 0 saturated heterocycles. The highest BCUT2D eigenvalue weighted by molar-refractivity contribution is 7.07. The van der Waals surface area contributed by atoms with Crippen molar-refractivity contribution in [2.75, 3.05) is 5.32 Å². The number of carbonyl (C=O) groups excluding carboxylic acids is 1. The first kappa shape index (κ1) is 18.2. The van der Waals surface area contributed by atoms with Crippen molar-refractivity contribution in [2.45, 2.75) is 6.61 Å². The van der Waals surface area contributed by atoms with Crippen LogP contribution >= 0.6 is 22.9 Å². The van der Waals surface area contributed by atoms with Crippen LogP contribution in [0.4, 0.5) is 5.69 Å². The van der Waals surface area contributed by atoms with Crippen LogP contribution in [0.3, 0.4) is 0 Å². The second kappa shape index (κ2) is 8.24. The summed E-state index contributed by atoms with van der Waals surface area (Å²) in [5, 5.41) is 5.29. The Morgan fingerprint density at radius 3 is 2.93 bits per heavy atom. The molecule has 0 fully saturated rings. The monoisotopic (exact) mass is 410 g/mol. The lowest BCUT2D eigenvalue weighted by Crippen LogP contribution is -2.12. The summed E-state index contributed by atoms with van der Waals surface area (Å²) in [5.41, 5.74) is 4.49. The third-order valence-corrected chi connectivity index (χ3v) is 4.89. The molecule has 2 aromatic carbocycles. The van der Waals surface area contributed by atoms with Gasteiger partial charge in [-0.1, -0.05) is 17.7 Å². The van der Waals surface area contributed by atoms with Crippen LogP contribution in [-0.2, 0) is 6.61 Å². The average molecular weight is 411 g/mol. The molecule has 28 heavy (non-hydrogen) atoms. The zero-order valence-electron chi connectivity index (χ0n) is 14.6. The fourth-order valence-corrected chi connectivity index (χ4v) is 3.41. The lowest BCUT2D eigenvalue weighted by Gasteiger charge is -2.10. The fourth-order valence-electron chi connectivity index (χ4n) is 2.59. The minimum atomic E-state index is -0.245. The number of nitrogens with zero attached hydrogens (tertiary/aromatic N) is 3. The quantitative estimate of drug-likeness (QED) is 0.495. The molecule has 2 aromatic heterocycles. The van der Waals surface area contributed by atoms with Gasteiger partial charge in [0, 0.05) is 29.0 Å². The lowest BCUT2D eigenvalue weighted by molar-refractivity contribution is 0.102. The SMILES string of the molecule is O=C(Nc1ccc(-n2ccnc2)c(Cl)c1)c1cccc(OCc2cscn2)c1. The molecule has 0 spiro atoms. The second-order valence-corrected chi connectivity index (χ2v) is 7.01. The summed E-state index contributed by atoms with van der Waals surface area (Å²) in [6, 6.07) is 12.3. The molecule has 6 nitrogen and oxygen atoms in total. The van der Waals surface area contributed by atoms with Crippen molar-refractivity contribution >= 4 is 34.5 Å². The van der Waals surface area contributed by atoms with Gasteiger partial charge in [-0.3, -0.25) is 4.79 Å². The molecular formula is C20H15ClN4O2S. The van der Waals surface area contributed by atoms with Crippen molar-refractivity contribution in [3.63, 3.8) is 0 Å². The Labute approximate surface area is 170 Å². The summed E-state index contributed by atoms with van der Waals surface area (Å²) in [4.78, 5) is 20.8. The summed E-state index contributed by atoms with van der Waals surface area (Å²) in [6.07, 6.45) is 5.14. The molecule has 0 unspecified atom stereocenters. The highest BCUT2D eigenvalue weighted by atomic mass is 35.5. The summed E-state index contributed by atoms with van der Waals surface area (Å²) >= 11 is 7.85. The van der Waals surface area contributed by atoms with Crippen LogP contribution in [0, 0.1) is 0 Å². The Kier molecular flexibility index (Phi) is 5.36. The van der Waals surface area contributed by atoms with Gasteiger partial charge in [0.15, 0.2) is 0 Å². The number of aromatic nitrogens is 3. The van der Waals surface area contributed by atoms with Crippen molar-refractivity contribution in [1.29, 1.82) is 0 Å². The van der Waals surface area contributed by atoms with Crippen molar-refractivity contribution in [3.05, 3.63) is 88.4 Å². The van der Waals surface area contributed by atoms with E-state index in [9.17, 15) is 4.79 Å². The van der Waals surface area contributed by atoms with Crippen LogP contribution < -0.4 is 10.1 Å². The number of benzene rings is 2.